The first-order chi connectivity index (χ1) is 16.0. The van der Waals surface area contributed by atoms with Gasteiger partial charge in [0.05, 0.1) is 16.0 Å². The van der Waals surface area contributed by atoms with Crippen molar-refractivity contribution in [2.75, 3.05) is 35.8 Å². The summed E-state index contributed by atoms with van der Waals surface area (Å²) in [6.07, 6.45) is 2.41. The number of imidazole rings is 1. The summed E-state index contributed by atoms with van der Waals surface area (Å²) in [4.78, 5) is 31.8. The highest BCUT2D eigenvalue weighted by molar-refractivity contribution is 7.14. The third-order valence-electron chi connectivity index (χ3n) is 5.64. The fraction of sp³-hybridized carbons (Fsp3) is 0.458. The number of amides is 3. The average molecular weight is 472 g/mol. The molecule has 33 heavy (non-hydrogen) atoms. The minimum atomic E-state index is -0.347. The Kier molecular flexibility index (Phi) is 8.85. The van der Waals surface area contributed by atoms with Gasteiger partial charge >= 0.3 is 6.03 Å². The van der Waals surface area contributed by atoms with Crippen molar-refractivity contribution in [1.82, 2.24) is 9.55 Å². The smallest absolute Gasteiger partial charge is 0.326 e. The van der Waals surface area contributed by atoms with Crippen LogP contribution < -0.4 is 15.5 Å². The first-order valence-corrected chi connectivity index (χ1v) is 12.3. The van der Waals surface area contributed by atoms with E-state index in [1.807, 2.05) is 61.1 Å². The van der Waals surface area contributed by atoms with Crippen LogP contribution in [0.1, 0.15) is 40.0 Å². The Bertz CT molecular complexity index is 1060. The minimum Gasteiger partial charge on any atom is -0.382 e. The number of aromatic nitrogens is 2. The SMILES string of the molecule is CCOCCCn1c(NC(=O)Nc2cccs2)nc2cc(N(C)C(=O)C(CC)CC)ccc21. The highest BCUT2D eigenvalue weighted by Gasteiger charge is 2.21. The summed E-state index contributed by atoms with van der Waals surface area (Å²) in [5, 5.41) is 8.36. The molecule has 0 aliphatic heterocycles. The molecule has 0 aliphatic rings. The molecule has 0 unspecified atom stereocenters. The van der Waals surface area contributed by atoms with Crippen molar-refractivity contribution in [1.29, 1.82) is 0 Å². The molecule has 0 aliphatic carbocycles. The first kappa shape index (κ1) is 24.7. The molecule has 0 atom stereocenters. The molecule has 9 heteroatoms. The molecule has 3 amide bonds. The second kappa shape index (κ2) is 11.8. The molecule has 2 aromatic heterocycles. The Balaban J connectivity index is 1.87. The number of hydrogen-bond donors (Lipinski definition) is 2. The van der Waals surface area contributed by atoms with Crippen LogP contribution in [-0.4, -0.2) is 41.8 Å². The quantitative estimate of drug-likeness (QED) is 0.358. The summed E-state index contributed by atoms with van der Waals surface area (Å²) < 4.78 is 7.46. The lowest BCUT2D eigenvalue weighted by Crippen LogP contribution is -2.32. The molecule has 0 saturated heterocycles. The maximum Gasteiger partial charge on any atom is 0.326 e. The molecule has 2 N–H and O–H groups in total. The molecule has 2 heterocycles. The van der Waals surface area contributed by atoms with Gasteiger partial charge in [-0.15, -0.1) is 11.3 Å². The van der Waals surface area contributed by atoms with Gasteiger partial charge in [0.15, 0.2) is 0 Å². The van der Waals surface area contributed by atoms with Crippen LogP contribution in [0.25, 0.3) is 11.0 Å². The highest BCUT2D eigenvalue weighted by Crippen LogP contribution is 2.27. The number of nitrogens with zero attached hydrogens (tertiary/aromatic N) is 3. The number of benzene rings is 1. The Morgan fingerprint density at radius 3 is 2.64 bits per heavy atom. The summed E-state index contributed by atoms with van der Waals surface area (Å²) in [5.41, 5.74) is 2.40. The van der Waals surface area contributed by atoms with E-state index in [2.05, 4.69) is 15.6 Å². The van der Waals surface area contributed by atoms with Gasteiger partial charge in [-0.3, -0.25) is 15.4 Å². The predicted octanol–water partition coefficient (Wildman–Crippen LogP) is 5.57. The summed E-state index contributed by atoms with van der Waals surface area (Å²) in [6.45, 7) is 7.97. The first-order valence-electron chi connectivity index (χ1n) is 11.5. The maximum absolute atomic E-state index is 12.8. The normalized spacial score (nSPS) is 11.2. The zero-order valence-electron chi connectivity index (χ0n) is 19.8. The van der Waals surface area contributed by atoms with Crippen molar-refractivity contribution in [3.05, 3.63) is 35.7 Å². The van der Waals surface area contributed by atoms with Crippen LogP contribution in [0.4, 0.5) is 21.4 Å². The van der Waals surface area contributed by atoms with Gasteiger partial charge in [-0.2, -0.15) is 0 Å². The van der Waals surface area contributed by atoms with E-state index in [1.165, 1.54) is 11.3 Å². The predicted molar refractivity (Wildman–Crippen MR) is 135 cm³/mol. The molecule has 0 saturated carbocycles. The fourth-order valence-electron chi connectivity index (χ4n) is 3.75. The van der Waals surface area contributed by atoms with Crippen LogP contribution in [0, 0.1) is 5.92 Å². The lowest BCUT2D eigenvalue weighted by Gasteiger charge is -2.22. The Hall–Kier alpha value is -2.91. The van der Waals surface area contributed by atoms with E-state index < -0.39 is 0 Å². The summed E-state index contributed by atoms with van der Waals surface area (Å²) in [5.74, 6) is 0.561. The molecular weight excluding hydrogens is 438 g/mol. The van der Waals surface area contributed by atoms with Gasteiger partial charge in [-0.25, -0.2) is 9.78 Å². The molecule has 3 aromatic rings. The standard InChI is InChI=1S/C24H33N5O3S/c1-5-17(6-2)22(30)28(4)18-11-12-20-19(16-18)25-23(29(20)13-9-14-32-7-3)27-24(31)26-21-10-8-15-33-21/h8,10-12,15-17H,5-7,9,13-14H2,1-4H3,(H2,25,26,27,31). The molecule has 0 spiro atoms. The zero-order valence-corrected chi connectivity index (χ0v) is 20.6. The number of anilines is 3. The van der Waals surface area contributed by atoms with Gasteiger partial charge in [0.1, 0.15) is 0 Å². The van der Waals surface area contributed by atoms with Gasteiger partial charge in [-0.1, -0.05) is 13.8 Å². The van der Waals surface area contributed by atoms with E-state index in [4.69, 9.17) is 4.74 Å². The van der Waals surface area contributed by atoms with Gasteiger partial charge in [0.2, 0.25) is 11.9 Å². The van der Waals surface area contributed by atoms with Crippen LogP contribution in [0.15, 0.2) is 35.7 Å². The van der Waals surface area contributed by atoms with Crippen molar-refractivity contribution >= 4 is 50.9 Å². The number of urea groups is 1. The van der Waals surface area contributed by atoms with Crippen molar-refractivity contribution in [2.24, 2.45) is 5.92 Å². The number of carbonyl (C=O) groups is 2. The number of aryl methyl sites for hydroxylation is 1. The summed E-state index contributed by atoms with van der Waals surface area (Å²) >= 11 is 1.45. The van der Waals surface area contributed by atoms with E-state index in [0.717, 1.165) is 41.0 Å². The molecular formula is C24H33N5O3S. The van der Waals surface area contributed by atoms with Crippen LogP contribution in [-0.2, 0) is 16.1 Å². The van der Waals surface area contributed by atoms with Gasteiger partial charge in [0.25, 0.3) is 0 Å². The van der Waals surface area contributed by atoms with Crippen molar-refractivity contribution < 1.29 is 14.3 Å². The monoisotopic (exact) mass is 471 g/mol. The molecule has 0 bridgehead atoms. The number of hydrogen-bond acceptors (Lipinski definition) is 5. The van der Waals surface area contributed by atoms with E-state index >= 15 is 0 Å². The minimum absolute atomic E-state index is 0.00000451. The van der Waals surface area contributed by atoms with E-state index in [0.29, 0.717) is 25.7 Å². The topological polar surface area (TPSA) is 88.5 Å². The Morgan fingerprint density at radius 2 is 1.97 bits per heavy atom. The third-order valence-corrected chi connectivity index (χ3v) is 6.43. The van der Waals surface area contributed by atoms with Crippen LogP contribution in [0.3, 0.4) is 0 Å². The molecule has 0 fully saturated rings. The lowest BCUT2D eigenvalue weighted by molar-refractivity contribution is -0.122. The van der Waals surface area contributed by atoms with Crippen LogP contribution in [0.2, 0.25) is 0 Å². The number of nitrogens with one attached hydrogen (secondary N) is 2. The summed E-state index contributed by atoms with van der Waals surface area (Å²) in [6, 6.07) is 9.16. The van der Waals surface area contributed by atoms with Crippen molar-refractivity contribution in [2.45, 2.75) is 46.6 Å². The molecule has 1 aromatic carbocycles. The lowest BCUT2D eigenvalue weighted by atomic mass is 10.0. The highest BCUT2D eigenvalue weighted by atomic mass is 32.1. The van der Waals surface area contributed by atoms with E-state index in [-0.39, 0.29) is 17.9 Å². The van der Waals surface area contributed by atoms with Crippen LogP contribution >= 0.6 is 11.3 Å². The Labute approximate surface area is 198 Å². The van der Waals surface area contributed by atoms with E-state index in [9.17, 15) is 9.59 Å². The van der Waals surface area contributed by atoms with Crippen molar-refractivity contribution in [3.63, 3.8) is 0 Å². The Morgan fingerprint density at radius 1 is 1.18 bits per heavy atom. The fourth-order valence-corrected chi connectivity index (χ4v) is 4.36. The second-order valence-corrected chi connectivity index (χ2v) is 8.73. The number of thiophene rings is 1. The zero-order chi connectivity index (χ0) is 23.8. The molecule has 8 nitrogen and oxygen atoms in total. The van der Waals surface area contributed by atoms with Gasteiger partial charge in [-0.05, 0) is 61.9 Å². The summed E-state index contributed by atoms with van der Waals surface area (Å²) in [7, 11) is 1.80. The number of carbonyl (C=O) groups excluding carboxylic acids is 2. The van der Waals surface area contributed by atoms with Crippen LogP contribution in [0.5, 0.6) is 0 Å². The third kappa shape index (κ3) is 6.11. The maximum atomic E-state index is 12.8. The van der Waals surface area contributed by atoms with Gasteiger partial charge < -0.3 is 14.2 Å². The van der Waals surface area contributed by atoms with Crippen molar-refractivity contribution in [3.8, 4) is 0 Å². The largest absolute Gasteiger partial charge is 0.382 e. The van der Waals surface area contributed by atoms with Gasteiger partial charge in [0, 0.05) is 38.4 Å². The molecule has 178 valence electrons. The number of fused-ring (bicyclic) bond motifs is 1. The number of ether oxygens (including phenoxy) is 1. The molecule has 0 radical (unpaired) electrons. The second-order valence-electron chi connectivity index (χ2n) is 7.78. The average Bonchev–Trinajstić information content (AvgIpc) is 3.44. The number of rotatable bonds is 11. The molecule has 3 rings (SSSR count). The van der Waals surface area contributed by atoms with E-state index in [1.54, 1.807) is 11.9 Å².